The van der Waals surface area contributed by atoms with Gasteiger partial charge in [0.25, 0.3) is 5.91 Å². The van der Waals surface area contributed by atoms with Crippen molar-refractivity contribution in [1.29, 1.82) is 0 Å². The first-order valence-electron chi connectivity index (χ1n) is 4.58. The highest BCUT2D eigenvalue weighted by atomic mass is 32.1. The molecule has 0 heterocycles. The van der Waals surface area contributed by atoms with Crippen molar-refractivity contribution in [2.45, 2.75) is 0 Å². The summed E-state index contributed by atoms with van der Waals surface area (Å²) < 4.78 is 0. The molecule has 0 atom stereocenters. The highest BCUT2D eigenvalue weighted by Gasteiger charge is 1.98. The predicted molar refractivity (Wildman–Crippen MR) is 66.6 cm³/mol. The van der Waals surface area contributed by atoms with Gasteiger partial charge < -0.3 is 5.32 Å². The van der Waals surface area contributed by atoms with Crippen LogP contribution in [0.1, 0.15) is 5.56 Å². The fourth-order valence-corrected chi connectivity index (χ4v) is 1.22. The van der Waals surface area contributed by atoms with Gasteiger partial charge in [0.2, 0.25) is 0 Å². The number of carbonyl (C=O) groups excluding carboxylic acids is 1. The molecule has 0 aliphatic rings. The Morgan fingerprint density at radius 1 is 1.33 bits per heavy atom. The molecule has 15 heavy (non-hydrogen) atoms. The molecule has 0 unspecified atom stereocenters. The Hall–Kier alpha value is -1.48. The molecule has 0 radical (unpaired) electrons. The number of hydrogen-bond acceptors (Lipinski definition) is 2. The van der Waals surface area contributed by atoms with Crippen LogP contribution in [0, 0.1) is 0 Å². The maximum atomic E-state index is 11.1. The Morgan fingerprint density at radius 3 is 2.60 bits per heavy atom. The zero-order valence-electron chi connectivity index (χ0n) is 8.47. The first-order valence-corrected chi connectivity index (χ1v) is 5.03. The van der Waals surface area contributed by atoms with Crippen LogP contribution in [0.5, 0.6) is 0 Å². The van der Waals surface area contributed by atoms with Crippen molar-refractivity contribution in [2.24, 2.45) is 0 Å². The smallest absolute Gasteiger partial charge is 0.257 e. The van der Waals surface area contributed by atoms with Crippen molar-refractivity contribution in [3.63, 3.8) is 0 Å². The van der Waals surface area contributed by atoms with E-state index in [1.165, 1.54) is 0 Å². The molecule has 0 fully saturated rings. The second kappa shape index (κ2) is 6.09. The summed E-state index contributed by atoms with van der Waals surface area (Å²) in [6.07, 6.45) is 5.38. The molecule has 1 amide bonds. The van der Waals surface area contributed by atoms with Crippen LogP contribution in [0.4, 0.5) is 0 Å². The van der Waals surface area contributed by atoms with Gasteiger partial charge in [-0.1, -0.05) is 42.5 Å². The van der Waals surface area contributed by atoms with Crippen LogP contribution < -0.4 is 5.32 Å². The average molecular weight is 219 g/mol. The zero-order valence-corrected chi connectivity index (χ0v) is 9.37. The second-order valence-electron chi connectivity index (χ2n) is 2.90. The Morgan fingerprint density at radius 2 is 2.00 bits per heavy atom. The van der Waals surface area contributed by atoms with Gasteiger partial charge in [-0.25, -0.2) is 0 Å². The van der Waals surface area contributed by atoms with E-state index in [1.54, 1.807) is 19.2 Å². The molecular formula is C12H13NOS. The monoisotopic (exact) mass is 219 g/mol. The maximum absolute atomic E-state index is 11.1. The minimum atomic E-state index is -0.184. The largest absolute Gasteiger partial charge is 0.355 e. The van der Waals surface area contributed by atoms with Crippen molar-refractivity contribution in [1.82, 2.24) is 5.32 Å². The van der Waals surface area contributed by atoms with Gasteiger partial charge >= 0.3 is 0 Å². The Labute approximate surface area is 95.1 Å². The number of thiol groups is 1. The second-order valence-corrected chi connectivity index (χ2v) is 3.38. The predicted octanol–water partition coefficient (Wildman–Crippen LogP) is 2.26. The summed E-state index contributed by atoms with van der Waals surface area (Å²) in [6, 6.07) is 9.86. The lowest BCUT2D eigenvalue weighted by Crippen LogP contribution is -2.17. The van der Waals surface area contributed by atoms with Crippen LogP contribution in [0.3, 0.4) is 0 Å². The SMILES string of the molecule is CNC(=O)/C(S)=C/C=C/c1ccccc1. The standard InChI is InChI=1S/C12H13NOS/c1-13-12(14)11(15)9-5-8-10-6-3-2-4-7-10/h2-9,15H,1H3,(H,13,14)/b8-5+,11-9-. The fourth-order valence-electron chi connectivity index (χ4n) is 1.02. The molecule has 1 N–H and O–H groups in total. The summed E-state index contributed by atoms with van der Waals surface area (Å²) in [5.41, 5.74) is 1.09. The molecular weight excluding hydrogens is 206 g/mol. The lowest BCUT2D eigenvalue weighted by atomic mass is 10.2. The highest BCUT2D eigenvalue weighted by molar-refractivity contribution is 7.85. The Bertz CT molecular complexity index is 382. The number of hydrogen-bond donors (Lipinski definition) is 2. The van der Waals surface area contributed by atoms with Crippen molar-refractivity contribution < 1.29 is 4.79 Å². The molecule has 0 aliphatic heterocycles. The number of likely N-dealkylation sites (N-methyl/N-ethyl adjacent to an activating group) is 1. The van der Waals surface area contributed by atoms with Crippen LogP contribution in [0.2, 0.25) is 0 Å². The van der Waals surface area contributed by atoms with E-state index in [2.05, 4.69) is 17.9 Å². The number of allylic oxidation sites excluding steroid dienone is 2. The molecule has 0 aromatic heterocycles. The van der Waals surface area contributed by atoms with Gasteiger partial charge in [-0.05, 0) is 11.6 Å². The lowest BCUT2D eigenvalue weighted by Gasteiger charge is -1.95. The van der Waals surface area contributed by atoms with Gasteiger partial charge in [-0.2, -0.15) is 0 Å². The third kappa shape index (κ3) is 4.04. The quantitative estimate of drug-likeness (QED) is 0.456. The van der Waals surface area contributed by atoms with Crippen molar-refractivity contribution >= 4 is 24.6 Å². The summed E-state index contributed by atoms with van der Waals surface area (Å²) in [7, 11) is 1.58. The summed E-state index contributed by atoms with van der Waals surface area (Å²) in [6.45, 7) is 0. The van der Waals surface area contributed by atoms with Crippen molar-refractivity contribution in [2.75, 3.05) is 7.05 Å². The molecule has 0 aliphatic carbocycles. The molecule has 78 valence electrons. The van der Waals surface area contributed by atoms with Gasteiger partial charge in [0, 0.05) is 7.05 Å². The van der Waals surface area contributed by atoms with Crippen LogP contribution in [0.15, 0.2) is 47.4 Å². The molecule has 1 aromatic carbocycles. The van der Waals surface area contributed by atoms with E-state index in [0.717, 1.165) is 5.56 Å². The van der Waals surface area contributed by atoms with E-state index in [-0.39, 0.29) is 5.91 Å². The van der Waals surface area contributed by atoms with E-state index in [9.17, 15) is 4.79 Å². The van der Waals surface area contributed by atoms with E-state index in [1.807, 2.05) is 36.4 Å². The highest BCUT2D eigenvalue weighted by Crippen LogP contribution is 2.04. The number of amides is 1. The van der Waals surface area contributed by atoms with Gasteiger partial charge in [0.15, 0.2) is 0 Å². The minimum Gasteiger partial charge on any atom is -0.355 e. The number of carbonyl (C=O) groups is 1. The molecule has 1 rings (SSSR count). The summed E-state index contributed by atoms with van der Waals surface area (Å²) in [4.78, 5) is 11.5. The topological polar surface area (TPSA) is 29.1 Å². The molecule has 3 heteroatoms. The zero-order chi connectivity index (χ0) is 11.1. The maximum Gasteiger partial charge on any atom is 0.257 e. The van der Waals surface area contributed by atoms with E-state index in [4.69, 9.17) is 0 Å². The van der Waals surface area contributed by atoms with Crippen LogP contribution >= 0.6 is 12.6 Å². The van der Waals surface area contributed by atoms with Crippen LogP contribution in [-0.4, -0.2) is 13.0 Å². The first-order chi connectivity index (χ1) is 7.24. The number of rotatable bonds is 3. The van der Waals surface area contributed by atoms with Gasteiger partial charge in [0.05, 0.1) is 4.91 Å². The van der Waals surface area contributed by atoms with Crippen molar-refractivity contribution in [3.05, 3.63) is 53.0 Å². The van der Waals surface area contributed by atoms with Crippen LogP contribution in [0.25, 0.3) is 6.08 Å². The molecule has 2 nitrogen and oxygen atoms in total. The van der Waals surface area contributed by atoms with E-state index >= 15 is 0 Å². The lowest BCUT2D eigenvalue weighted by molar-refractivity contribution is -0.116. The van der Waals surface area contributed by atoms with Gasteiger partial charge in [-0.15, -0.1) is 12.6 Å². The molecule has 0 saturated carbocycles. The summed E-state index contributed by atoms with van der Waals surface area (Å²) >= 11 is 4.05. The number of benzene rings is 1. The molecule has 1 aromatic rings. The van der Waals surface area contributed by atoms with E-state index < -0.39 is 0 Å². The third-order valence-electron chi connectivity index (χ3n) is 1.80. The normalized spacial score (nSPS) is 11.7. The minimum absolute atomic E-state index is 0.184. The first kappa shape index (κ1) is 11.6. The van der Waals surface area contributed by atoms with Crippen LogP contribution in [-0.2, 0) is 4.79 Å². The number of nitrogens with one attached hydrogen (secondary N) is 1. The van der Waals surface area contributed by atoms with Gasteiger partial charge in [-0.3, -0.25) is 4.79 Å². The average Bonchev–Trinajstić information content (AvgIpc) is 2.29. The Kier molecular flexibility index (Phi) is 4.71. The van der Waals surface area contributed by atoms with E-state index in [0.29, 0.717) is 4.91 Å². The molecule has 0 saturated heterocycles. The Balaban J connectivity index is 2.64. The van der Waals surface area contributed by atoms with Crippen molar-refractivity contribution in [3.8, 4) is 0 Å². The molecule has 0 bridgehead atoms. The van der Waals surface area contributed by atoms with Gasteiger partial charge in [0.1, 0.15) is 0 Å². The summed E-state index contributed by atoms with van der Waals surface area (Å²) in [5, 5.41) is 2.50. The third-order valence-corrected chi connectivity index (χ3v) is 2.15. The fraction of sp³-hybridized carbons (Fsp3) is 0.0833. The summed E-state index contributed by atoms with van der Waals surface area (Å²) in [5.74, 6) is -0.184. The molecule has 0 spiro atoms.